The summed E-state index contributed by atoms with van der Waals surface area (Å²) in [7, 11) is 0. The maximum atomic E-state index is 12.8. The van der Waals surface area contributed by atoms with E-state index in [1.54, 1.807) is 4.90 Å². The summed E-state index contributed by atoms with van der Waals surface area (Å²) >= 11 is 0. The van der Waals surface area contributed by atoms with Crippen LogP contribution in [0.1, 0.15) is 45.1 Å². The normalized spacial score (nSPS) is 30.6. The van der Waals surface area contributed by atoms with Crippen LogP contribution >= 0.6 is 0 Å². The molecule has 4 rings (SSSR count). The van der Waals surface area contributed by atoms with Gasteiger partial charge in [0.05, 0.1) is 0 Å². The number of ether oxygens (including phenoxy) is 2. The molecule has 0 spiro atoms. The molecule has 154 valence electrons. The molecule has 1 saturated carbocycles. The number of rotatable bonds is 5. The summed E-state index contributed by atoms with van der Waals surface area (Å²) in [4.78, 5) is 15.8. The Balaban J connectivity index is 1.24. The molecule has 0 bridgehead atoms. The quantitative estimate of drug-likeness (QED) is 0.653. The number of quaternary nitrogens is 2. The first kappa shape index (κ1) is 19.5. The molecule has 28 heavy (non-hydrogen) atoms. The average molecular weight is 390 g/mol. The molecule has 3 N–H and O–H groups in total. The van der Waals surface area contributed by atoms with Gasteiger partial charge in [0.15, 0.2) is 17.5 Å². The molecule has 3 aliphatic rings. The van der Waals surface area contributed by atoms with Gasteiger partial charge in [-0.05, 0) is 43.9 Å². The van der Waals surface area contributed by atoms with Crippen molar-refractivity contribution in [3.63, 3.8) is 0 Å². The van der Waals surface area contributed by atoms with Crippen molar-refractivity contribution in [2.75, 3.05) is 33.0 Å². The second-order valence-electron chi connectivity index (χ2n) is 8.87. The molecule has 2 heterocycles. The van der Waals surface area contributed by atoms with Gasteiger partial charge in [-0.2, -0.15) is 0 Å². The van der Waals surface area contributed by atoms with E-state index in [1.165, 1.54) is 29.7 Å². The summed E-state index contributed by atoms with van der Waals surface area (Å²) in [6, 6.07) is 6.68. The number of nitrogens with one attached hydrogen (secondary N) is 3. The van der Waals surface area contributed by atoms with Crippen molar-refractivity contribution in [3.05, 3.63) is 23.8 Å². The summed E-state index contributed by atoms with van der Waals surface area (Å²) < 4.78 is 10.9. The third-order valence-corrected chi connectivity index (χ3v) is 6.94. The molecule has 1 aromatic carbocycles. The number of amides is 1. The maximum Gasteiger partial charge on any atom is 0.278 e. The van der Waals surface area contributed by atoms with E-state index in [9.17, 15) is 4.79 Å². The third-order valence-electron chi connectivity index (χ3n) is 6.94. The summed E-state index contributed by atoms with van der Waals surface area (Å²) in [6.45, 7) is 10.0. The average Bonchev–Trinajstić information content (AvgIpc) is 3.17. The standard InChI is InChI=1S/C22H33N3O3/c1-16-5-3-4-6-19(16)23-22(26)17(2)25-11-9-24(10-12-25)14-18-7-8-20-21(13-18)28-15-27-20/h7-8,13,16-17,19H,3-6,9-12,14-15H2,1-2H3,(H,23,26)/p+2/t16-,17-,19-/m1/s1. The zero-order valence-corrected chi connectivity index (χ0v) is 17.3. The van der Waals surface area contributed by atoms with Crippen LogP contribution < -0.4 is 24.6 Å². The topological polar surface area (TPSA) is 56.4 Å². The largest absolute Gasteiger partial charge is 0.454 e. The SMILES string of the molecule is C[C@@H]1CCCC[C@H]1NC(=O)[C@@H](C)[NH+]1CC[NH+](Cc2ccc3c(c2)OCO3)CC1. The Bertz CT molecular complexity index is 688. The number of piperazine rings is 1. The Morgan fingerprint density at radius 3 is 2.68 bits per heavy atom. The van der Waals surface area contributed by atoms with Gasteiger partial charge in [0.1, 0.15) is 32.7 Å². The Morgan fingerprint density at radius 2 is 1.89 bits per heavy atom. The highest BCUT2D eigenvalue weighted by Crippen LogP contribution is 2.32. The molecule has 0 radical (unpaired) electrons. The van der Waals surface area contributed by atoms with Crippen molar-refractivity contribution in [2.45, 2.75) is 58.2 Å². The number of carbonyl (C=O) groups excluding carboxylic acids is 1. The molecule has 1 amide bonds. The Labute approximate surface area is 168 Å². The van der Waals surface area contributed by atoms with Crippen molar-refractivity contribution in [1.82, 2.24) is 5.32 Å². The van der Waals surface area contributed by atoms with Gasteiger partial charge in [-0.1, -0.05) is 19.8 Å². The van der Waals surface area contributed by atoms with Gasteiger partial charge in [-0.25, -0.2) is 0 Å². The summed E-state index contributed by atoms with van der Waals surface area (Å²) in [6.07, 6.45) is 4.94. The second-order valence-corrected chi connectivity index (χ2v) is 8.87. The van der Waals surface area contributed by atoms with Crippen LogP contribution in [0.3, 0.4) is 0 Å². The van der Waals surface area contributed by atoms with Crippen LogP contribution in [-0.4, -0.2) is 51.0 Å². The van der Waals surface area contributed by atoms with E-state index in [-0.39, 0.29) is 11.9 Å². The van der Waals surface area contributed by atoms with Crippen LogP contribution in [0, 0.1) is 5.92 Å². The van der Waals surface area contributed by atoms with Crippen LogP contribution in [0.4, 0.5) is 0 Å². The third kappa shape index (κ3) is 4.44. The minimum absolute atomic E-state index is 0.0428. The number of fused-ring (bicyclic) bond motifs is 1. The van der Waals surface area contributed by atoms with E-state index in [1.807, 2.05) is 6.07 Å². The van der Waals surface area contributed by atoms with E-state index in [2.05, 4.69) is 31.3 Å². The van der Waals surface area contributed by atoms with Gasteiger partial charge in [0, 0.05) is 11.6 Å². The fraction of sp³-hybridized carbons (Fsp3) is 0.682. The van der Waals surface area contributed by atoms with E-state index in [0.717, 1.165) is 50.6 Å². The zero-order chi connectivity index (χ0) is 19.5. The molecular formula is C22H35N3O3+2. The van der Waals surface area contributed by atoms with Crippen molar-refractivity contribution in [2.24, 2.45) is 5.92 Å². The zero-order valence-electron chi connectivity index (χ0n) is 17.3. The van der Waals surface area contributed by atoms with Crippen LogP contribution in [0.25, 0.3) is 0 Å². The maximum absolute atomic E-state index is 12.8. The molecule has 1 saturated heterocycles. The highest BCUT2D eigenvalue weighted by atomic mass is 16.7. The molecule has 2 fully saturated rings. The van der Waals surface area contributed by atoms with Gasteiger partial charge in [0.25, 0.3) is 5.91 Å². The van der Waals surface area contributed by atoms with Gasteiger partial charge in [-0.15, -0.1) is 0 Å². The highest BCUT2D eigenvalue weighted by Gasteiger charge is 2.33. The number of hydrogen-bond donors (Lipinski definition) is 3. The van der Waals surface area contributed by atoms with E-state index < -0.39 is 0 Å². The second kappa shape index (κ2) is 8.70. The Hall–Kier alpha value is -1.79. The van der Waals surface area contributed by atoms with Crippen LogP contribution in [0.15, 0.2) is 18.2 Å². The van der Waals surface area contributed by atoms with Crippen molar-refractivity contribution in [1.29, 1.82) is 0 Å². The molecule has 0 unspecified atom stereocenters. The molecule has 6 nitrogen and oxygen atoms in total. The number of hydrogen-bond acceptors (Lipinski definition) is 3. The first-order valence-corrected chi connectivity index (χ1v) is 11.0. The van der Waals surface area contributed by atoms with Crippen molar-refractivity contribution in [3.8, 4) is 11.5 Å². The highest BCUT2D eigenvalue weighted by molar-refractivity contribution is 5.80. The van der Waals surface area contributed by atoms with Crippen LogP contribution in [0.5, 0.6) is 11.5 Å². The molecule has 1 aromatic rings. The lowest BCUT2D eigenvalue weighted by Crippen LogP contribution is -3.29. The van der Waals surface area contributed by atoms with Gasteiger partial charge >= 0.3 is 0 Å². The first-order valence-electron chi connectivity index (χ1n) is 11.0. The van der Waals surface area contributed by atoms with Gasteiger partial charge in [0.2, 0.25) is 6.79 Å². The predicted molar refractivity (Wildman–Crippen MR) is 107 cm³/mol. The van der Waals surface area contributed by atoms with E-state index in [4.69, 9.17) is 9.47 Å². The minimum atomic E-state index is 0.0428. The molecule has 1 aliphatic carbocycles. The predicted octanol–water partition coefficient (Wildman–Crippen LogP) is -0.218. The van der Waals surface area contributed by atoms with Crippen LogP contribution in [0.2, 0.25) is 0 Å². The van der Waals surface area contributed by atoms with Gasteiger partial charge in [-0.3, -0.25) is 4.79 Å². The van der Waals surface area contributed by atoms with Crippen molar-refractivity contribution >= 4 is 5.91 Å². The van der Waals surface area contributed by atoms with E-state index in [0.29, 0.717) is 18.8 Å². The summed E-state index contributed by atoms with van der Waals surface area (Å²) in [5.41, 5.74) is 1.29. The summed E-state index contributed by atoms with van der Waals surface area (Å²) in [5, 5.41) is 3.35. The minimum Gasteiger partial charge on any atom is -0.454 e. The lowest BCUT2D eigenvalue weighted by molar-refractivity contribution is -1.02. The number of carbonyl (C=O) groups is 1. The van der Waals surface area contributed by atoms with E-state index >= 15 is 0 Å². The summed E-state index contributed by atoms with van der Waals surface area (Å²) in [5.74, 6) is 2.57. The van der Waals surface area contributed by atoms with Crippen molar-refractivity contribution < 1.29 is 24.1 Å². The monoisotopic (exact) mass is 389 g/mol. The fourth-order valence-electron chi connectivity index (χ4n) is 4.90. The molecule has 0 aromatic heterocycles. The van der Waals surface area contributed by atoms with Gasteiger partial charge < -0.3 is 24.6 Å². The number of benzene rings is 1. The first-order chi connectivity index (χ1) is 13.6. The molecular weight excluding hydrogens is 354 g/mol. The molecule has 6 heteroatoms. The van der Waals surface area contributed by atoms with Crippen LogP contribution in [-0.2, 0) is 11.3 Å². The Kier molecular flexibility index (Phi) is 6.07. The molecule has 3 atom stereocenters. The lowest BCUT2D eigenvalue weighted by atomic mass is 9.86. The molecule has 2 aliphatic heterocycles. The Morgan fingerprint density at radius 1 is 1.14 bits per heavy atom. The lowest BCUT2D eigenvalue weighted by Gasteiger charge is -2.34. The fourth-order valence-corrected chi connectivity index (χ4v) is 4.90. The smallest absolute Gasteiger partial charge is 0.278 e.